The maximum absolute atomic E-state index is 12.4. The van der Waals surface area contributed by atoms with Crippen LogP contribution in [-0.2, 0) is 19.4 Å². The number of rotatable bonds is 3. The van der Waals surface area contributed by atoms with Crippen molar-refractivity contribution < 1.29 is 4.79 Å². The van der Waals surface area contributed by atoms with Gasteiger partial charge in [0.15, 0.2) is 5.69 Å². The van der Waals surface area contributed by atoms with Gasteiger partial charge in [-0.25, -0.2) is 4.98 Å². The Labute approximate surface area is 133 Å². The number of aromatic nitrogens is 4. The molecule has 2 aromatic heterocycles. The van der Waals surface area contributed by atoms with Crippen LogP contribution in [-0.4, -0.2) is 26.1 Å². The highest BCUT2D eigenvalue weighted by molar-refractivity contribution is 5.94. The lowest BCUT2D eigenvalue weighted by Crippen LogP contribution is -2.25. The molecule has 23 heavy (non-hydrogen) atoms. The Morgan fingerprint density at radius 1 is 1.17 bits per heavy atom. The van der Waals surface area contributed by atoms with Crippen LogP contribution in [0.1, 0.15) is 46.8 Å². The molecular weight excluding hydrogens is 290 g/mol. The molecule has 0 fully saturated rings. The Kier molecular flexibility index (Phi) is 3.57. The molecule has 0 aliphatic heterocycles. The van der Waals surface area contributed by atoms with Gasteiger partial charge in [0.1, 0.15) is 5.82 Å². The molecule has 3 N–H and O–H groups in total. The maximum Gasteiger partial charge on any atom is 0.272 e. The number of fused-ring (bicyclic) bond motifs is 2. The number of aryl methyl sites for hydroxylation is 1. The first-order valence-electron chi connectivity index (χ1n) is 8.09. The summed E-state index contributed by atoms with van der Waals surface area (Å²) < 4.78 is 0. The van der Waals surface area contributed by atoms with Gasteiger partial charge in [-0.3, -0.25) is 9.89 Å². The highest BCUT2D eigenvalue weighted by Crippen LogP contribution is 2.21. The minimum Gasteiger partial charge on any atom is -0.343 e. The lowest BCUT2D eigenvalue weighted by molar-refractivity contribution is 0.0944. The fourth-order valence-corrected chi connectivity index (χ4v) is 3.18. The van der Waals surface area contributed by atoms with Crippen LogP contribution in [0.4, 0.5) is 0 Å². The van der Waals surface area contributed by atoms with Gasteiger partial charge < -0.3 is 10.3 Å². The Hall–Kier alpha value is -2.63. The zero-order valence-electron chi connectivity index (χ0n) is 12.9. The molecule has 2 heterocycles. The van der Waals surface area contributed by atoms with Gasteiger partial charge in [0, 0.05) is 11.3 Å². The Morgan fingerprint density at radius 2 is 2.04 bits per heavy atom. The normalized spacial score (nSPS) is 14.4. The molecule has 1 aliphatic rings. The highest BCUT2D eigenvalue weighted by atomic mass is 16.1. The molecule has 1 amide bonds. The van der Waals surface area contributed by atoms with E-state index in [-0.39, 0.29) is 5.91 Å². The van der Waals surface area contributed by atoms with Crippen LogP contribution in [0.25, 0.3) is 11.0 Å². The molecule has 6 heteroatoms. The predicted molar refractivity (Wildman–Crippen MR) is 87.1 cm³/mol. The second kappa shape index (κ2) is 5.87. The molecule has 3 aromatic rings. The van der Waals surface area contributed by atoms with Crippen LogP contribution in [0.3, 0.4) is 0 Å². The van der Waals surface area contributed by atoms with E-state index in [1.165, 1.54) is 6.42 Å². The molecule has 6 nitrogen and oxygen atoms in total. The summed E-state index contributed by atoms with van der Waals surface area (Å²) in [5.41, 5.74) is 4.63. The predicted octanol–water partition coefficient (Wildman–Crippen LogP) is 2.48. The van der Waals surface area contributed by atoms with E-state index in [2.05, 4.69) is 25.5 Å². The number of aromatic amines is 2. The van der Waals surface area contributed by atoms with Crippen molar-refractivity contribution in [3.05, 3.63) is 47.0 Å². The zero-order chi connectivity index (χ0) is 15.6. The number of carbonyl (C=O) groups excluding carboxylic acids is 1. The van der Waals surface area contributed by atoms with Gasteiger partial charge in [-0.05, 0) is 37.8 Å². The van der Waals surface area contributed by atoms with E-state index < -0.39 is 0 Å². The lowest BCUT2D eigenvalue weighted by atomic mass is 10.1. The third kappa shape index (κ3) is 2.72. The minimum atomic E-state index is -0.134. The van der Waals surface area contributed by atoms with Gasteiger partial charge in [-0.2, -0.15) is 5.10 Å². The van der Waals surface area contributed by atoms with E-state index in [0.717, 1.165) is 53.8 Å². The van der Waals surface area contributed by atoms with E-state index in [1.807, 2.05) is 24.3 Å². The topological polar surface area (TPSA) is 86.5 Å². The summed E-state index contributed by atoms with van der Waals surface area (Å²) in [4.78, 5) is 20.1. The number of imidazole rings is 1. The van der Waals surface area contributed by atoms with Crippen molar-refractivity contribution in [2.45, 2.75) is 38.6 Å². The van der Waals surface area contributed by atoms with Crippen LogP contribution in [0.15, 0.2) is 24.3 Å². The van der Waals surface area contributed by atoms with Gasteiger partial charge >= 0.3 is 0 Å². The van der Waals surface area contributed by atoms with Gasteiger partial charge in [0.25, 0.3) is 5.91 Å². The number of hydrogen-bond donors (Lipinski definition) is 3. The summed E-state index contributed by atoms with van der Waals surface area (Å²) in [6, 6.07) is 7.83. The molecular formula is C17H19N5O. The summed E-state index contributed by atoms with van der Waals surface area (Å²) >= 11 is 0. The summed E-state index contributed by atoms with van der Waals surface area (Å²) in [6.45, 7) is 0.370. The number of nitrogens with one attached hydrogen (secondary N) is 3. The van der Waals surface area contributed by atoms with Crippen molar-refractivity contribution >= 4 is 16.9 Å². The molecule has 0 spiro atoms. The van der Waals surface area contributed by atoms with Crippen molar-refractivity contribution in [2.24, 2.45) is 0 Å². The average molecular weight is 309 g/mol. The van der Waals surface area contributed by atoms with E-state index in [4.69, 9.17) is 0 Å². The fraction of sp³-hybridized carbons (Fsp3) is 0.353. The molecule has 4 rings (SSSR count). The summed E-state index contributed by atoms with van der Waals surface area (Å²) in [6.07, 6.45) is 5.41. The number of hydrogen-bond acceptors (Lipinski definition) is 3. The molecule has 0 atom stereocenters. The molecule has 0 bridgehead atoms. The number of carbonyl (C=O) groups is 1. The highest BCUT2D eigenvalue weighted by Gasteiger charge is 2.20. The van der Waals surface area contributed by atoms with Crippen LogP contribution in [0.2, 0.25) is 0 Å². The second-order valence-corrected chi connectivity index (χ2v) is 5.97. The van der Waals surface area contributed by atoms with E-state index in [0.29, 0.717) is 12.2 Å². The van der Waals surface area contributed by atoms with Crippen LogP contribution < -0.4 is 5.32 Å². The van der Waals surface area contributed by atoms with Crippen molar-refractivity contribution in [3.8, 4) is 0 Å². The van der Waals surface area contributed by atoms with Crippen LogP contribution in [0.5, 0.6) is 0 Å². The molecule has 0 saturated heterocycles. The number of nitrogens with zero attached hydrogens (tertiary/aromatic N) is 2. The smallest absolute Gasteiger partial charge is 0.272 e. The summed E-state index contributed by atoms with van der Waals surface area (Å²) in [5.74, 6) is 0.617. The summed E-state index contributed by atoms with van der Waals surface area (Å²) in [5, 5.41) is 10.2. The van der Waals surface area contributed by atoms with Gasteiger partial charge in [-0.1, -0.05) is 18.6 Å². The standard InChI is InChI=1S/C17H19N5O/c23-17(16-11-6-2-1-3-7-12(11)21-22-16)18-10-15-19-13-8-4-5-9-14(13)20-15/h4-5,8-9H,1-3,6-7,10H2,(H,18,23)(H,19,20)(H,21,22). The monoisotopic (exact) mass is 309 g/mol. The molecule has 1 aliphatic carbocycles. The molecule has 0 unspecified atom stereocenters. The van der Waals surface area contributed by atoms with Crippen molar-refractivity contribution in [2.75, 3.05) is 0 Å². The Morgan fingerprint density at radius 3 is 2.96 bits per heavy atom. The van der Waals surface area contributed by atoms with E-state index in [1.54, 1.807) is 0 Å². The van der Waals surface area contributed by atoms with E-state index >= 15 is 0 Å². The third-order valence-corrected chi connectivity index (χ3v) is 4.38. The largest absolute Gasteiger partial charge is 0.343 e. The van der Waals surface area contributed by atoms with Crippen LogP contribution in [0, 0.1) is 0 Å². The molecule has 118 valence electrons. The first-order chi connectivity index (χ1) is 11.3. The quantitative estimate of drug-likeness (QED) is 0.650. The number of benzene rings is 1. The SMILES string of the molecule is O=C(NCc1nc2ccccc2[nH]1)c1n[nH]c2c1CCCCC2. The van der Waals surface area contributed by atoms with E-state index in [9.17, 15) is 4.79 Å². The molecule has 0 saturated carbocycles. The fourth-order valence-electron chi connectivity index (χ4n) is 3.18. The first kappa shape index (κ1) is 14.0. The molecule has 1 aromatic carbocycles. The first-order valence-corrected chi connectivity index (χ1v) is 8.09. The Balaban J connectivity index is 1.49. The maximum atomic E-state index is 12.4. The number of H-pyrrole nitrogens is 2. The number of para-hydroxylation sites is 2. The van der Waals surface area contributed by atoms with Gasteiger partial charge in [-0.15, -0.1) is 0 Å². The van der Waals surface area contributed by atoms with Gasteiger partial charge in [0.05, 0.1) is 17.6 Å². The Bertz CT molecular complexity index is 815. The zero-order valence-corrected chi connectivity index (χ0v) is 12.9. The summed E-state index contributed by atoms with van der Waals surface area (Å²) in [7, 11) is 0. The number of amides is 1. The van der Waals surface area contributed by atoms with Gasteiger partial charge in [0.2, 0.25) is 0 Å². The van der Waals surface area contributed by atoms with Crippen molar-refractivity contribution in [3.63, 3.8) is 0 Å². The lowest BCUT2D eigenvalue weighted by Gasteiger charge is -2.03. The minimum absolute atomic E-state index is 0.134. The van der Waals surface area contributed by atoms with Crippen LogP contribution >= 0.6 is 0 Å². The van der Waals surface area contributed by atoms with Crippen molar-refractivity contribution in [1.29, 1.82) is 0 Å². The average Bonchev–Trinajstić information content (AvgIpc) is 3.09. The second-order valence-electron chi connectivity index (χ2n) is 5.97. The van der Waals surface area contributed by atoms with Crippen molar-refractivity contribution in [1.82, 2.24) is 25.5 Å². The molecule has 0 radical (unpaired) electrons. The third-order valence-electron chi connectivity index (χ3n) is 4.38.